The summed E-state index contributed by atoms with van der Waals surface area (Å²) in [6.07, 6.45) is 11.4. The van der Waals surface area contributed by atoms with Crippen LogP contribution in [0.2, 0.25) is 0 Å². The van der Waals surface area contributed by atoms with Crippen molar-refractivity contribution in [2.75, 3.05) is 19.3 Å². The molecule has 3 rings (SSSR count). The van der Waals surface area contributed by atoms with Crippen molar-refractivity contribution in [2.24, 2.45) is 0 Å². The first-order chi connectivity index (χ1) is 11.5. The molecular formula is C16H23N5O2S. The number of piperidine rings is 1. The minimum atomic E-state index is -3.15. The molecule has 0 spiro atoms. The maximum atomic E-state index is 11.7. The number of nitrogens with zero attached hydrogens (tertiary/aromatic N) is 5. The number of hydrogen-bond donors (Lipinski definition) is 0. The smallest absolute Gasteiger partial charge is 0.211 e. The molecule has 130 valence electrons. The van der Waals surface area contributed by atoms with E-state index in [4.69, 9.17) is 0 Å². The van der Waals surface area contributed by atoms with Gasteiger partial charge in [0.1, 0.15) is 0 Å². The van der Waals surface area contributed by atoms with Gasteiger partial charge in [0, 0.05) is 43.5 Å². The van der Waals surface area contributed by atoms with E-state index in [0.717, 1.165) is 42.8 Å². The van der Waals surface area contributed by atoms with Crippen molar-refractivity contribution in [3.8, 4) is 11.3 Å². The summed E-state index contributed by atoms with van der Waals surface area (Å²) < 4.78 is 26.9. The maximum Gasteiger partial charge on any atom is 0.211 e. The van der Waals surface area contributed by atoms with Gasteiger partial charge < -0.3 is 0 Å². The van der Waals surface area contributed by atoms with Gasteiger partial charge in [-0.3, -0.25) is 14.6 Å². The third kappa shape index (κ3) is 3.81. The molecule has 24 heavy (non-hydrogen) atoms. The van der Waals surface area contributed by atoms with Gasteiger partial charge in [-0.05, 0) is 19.3 Å². The van der Waals surface area contributed by atoms with E-state index in [0.29, 0.717) is 13.1 Å². The topological polar surface area (TPSA) is 81.0 Å². The van der Waals surface area contributed by atoms with E-state index in [9.17, 15) is 8.42 Å². The number of aromatic nitrogens is 4. The molecule has 0 N–H and O–H groups in total. The standard InChI is InChI=1S/C16H23N5O2S/c1-3-6-20-11-14(8-19-20)16-10-17-15(9-18-16)13-5-4-7-21(12-13)24(2,22)23/h8-11,13H,3-7,12H2,1-2H3. The molecular weight excluding hydrogens is 326 g/mol. The Bertz CT molecular complexity index is 785. The fourth-order valence-corrected chi connectivity index (χ4v) is 3.94. The number of rotatable bonds is 5. The molecule has 7 nitrogen and oxygen atoms in total. The first-order valence-electron chi connectivity index (χ1n) is 8.27. The number of sulfonamides is 1. The highest BCUT2D eigenvalue weighted by molar-refractivity contribution is 7.88. The van der Waals surface area contributed by atoms with Crippen molar-refractivity contribution >= 4 is 10.0 Å². The Balaban J connectivity index is 1.74. The van der Waals surface area contributed by atoms with Crippen molar-refractivity contribution in [1.82, 2.24) is 24.1 Å². The van der Waals surface area contributed by atoms with E-state index < -0.39 is 10.0 Å². The lowest BCUT2D eigenvalue weighted by Gasteiger charge is -2.30. The van der Waals surface area contributed by atoms with Crippen LogP contribution in [0.4, 0.5) is 0 Å². The highest BCUT2D eigenvalue weighted by Gasteiger charge is 2.27. The summed E-state index contributed by atoms with van der Waals surface area (Å²) in [6.45, 7) is 4.08. The average Bonchev–Trinajstić information content (AvgIpc) is 3.03. The molecule has 8 heteroatoms. The minimum absolute atomic E-state index is 0.109. The SMILES string of the molecule is CCCn1cc(-c2cnc(C3CCCN(S(C)(=O)=O)C3)cn2)cn1. The maximum absolute atomic E-state index is 11.7. The molecule has 1 atom stereocenters. The summed E-state index contributed by atoms with van der Waals surface area (Å²) in [5.41, 5.74) is 2.59. The molecule has 2 aromatic heterocycles. The Morgan fingerprint density at radius 3 is 2.75 bits per heavy atom. The van der Waals surface area contributed by atoms with Crippen LogP contribution in [0.25, 0.3) is 11.3 Å². The molecule has 0 saturated carbocycles. The Morgan fingerprint density at radius 2 is 2.08 bits per heavy atom. The summed E-state index contributed by atoms with van der Waals surface area (Å²) >= 11 is 0. The van der Waals surface area contributed by atoms with Gasteiger partial charge in [-0.15, -0.1) is 0 Å². The first-order valence-corrected chi connectivity index (χ1v) is 10.1. The second-order valence-electron chi connectivity index (χ2n) is 6.28. The van der Waals surface area contributed by atoms with Gasteiger partial charge >= 0.3 is 0 Å². The van der Waals surface area contributed by atoms with Gasteiger partial charge in [0.15, 0.2) is 0 Å². The second kappa shape index (κ2) is 6.98. The molecule has 0 radical (unpaired) electrons. The van der Waals surface area contributed by atoms with E-state index in [2.05, 4.69) is 22.0 Å². The van der Waals surface area contributed by atoms with E-state index in [1.54, 1.807) is 18.6 Å². The predicted octanol–water partition coefficient (Wildman–Crippen LogP) is 1.89. The van der Waals surface area contributed by atoms with Crippen LogP contribution in [0.15, 0.2) is 24.8 Å². The lowest BCUT2D eigenvalue weighted by molar-refractivity contribution is 0.314. The quantitative estimate of drug-likeness (QED) is 0.823. The summed E-state index contributed by atoms with van der Waals surface area (Å²) in [7, 11) is -3.15. The van der Waals surface area contributed by atoms with E-state index in [-0.39, 0.29) is 5.92 Å². The van der Waals surface area contributed by atoms with Crippen molar-refractivity contribution in [3.05, 3.63) is 30.5 Å². The zero-order valence-corrected chi connectivity index (χ0v) is 14.9. The molecule has 0 aromatic carbocycles. The van der Waals surface area contributed by atoms with Crippen LogP contribution in [0.3, 0.4) is 0 Å². The molecule has 0 bridgehead atoms. The predicted molar refractivity (Wildman–Crippen MR) is 91.9 cm³/mol. The fraction of sp³-hybridized carbons (Fsp3) is 0.562. The summed E-state index contributed by atoms with van der Waals surface area (Å²) in [6, 6.07) is 0. The van der Waals surface area contributed by atoms with Crippen LogP contribution in [-0.2, 0) is 16.6 Å². The van der Waals surface area contributed by atoms with Crippen molar-refractivity contribution in [1.29, 1.82) is 0 Å². The van der Waals surface area contributed by atoms with Gasteiger partial charge in [0.25, 0.3) is 0 Å². The molecule has 1 saturated heterocycles. The lowest BCUT2D eigenvalue weighted by atomic mass is 9.96. The van der Waals surface area contributed by atoms with Crippen LogP contribution in [0.1, 0.15) is 37.8 Å². The van der Waals surface area contributed by atoms with Gasteiger partial charge in [0.05, 0.1) is 30.0 Å². The van der Waals surface area contributed by atoms with Crippen molar-refractivity contribution < 1.29 is 8.42 Å². The largest absolute Gasteiger partial charge is 0.272 e. The molecule has 0 amide bonds. The van der Waals surface area contributed by atoms with Gasteiger partial charge in [-0.1, -0.05) is 6.92 Å². The van der Waals surface area contributed by atoms with Crippen LogP contribution in [0, 0.1) is 0 Å². The zero-order chi connectivity index (χ0) is 17.2. The summed E-state index contributed by atoms with van der Waals surface area (Å²) in [4.78, 5) is 9.03. The normalized spacial score (nSPS) is 19.5. The Kier molecular flexibility index (Phi) is 4.96. The first kappa shape index (κ1) is 17.0. The number of aryl methyl sites for hydroxylation is 1. The fourth-order valence-electron chi connectivity index (χ4n) is 3.03. The van der Waals surface area contributed by atoms with Gasteiger partial charge in [-0.25, -0.2) is 12.7 Å². The highest BCUT2D eigenvalue weighted by Crippen LogP contribution is 2.27. The molecule has 1 aliphatic heterocycles. The monoisotopic (exact) mass is 349 g/mol. The van der Waals surface area contributed by atoms with Crippen LogP contribution < -0.4 is 0 Å². The molecule has 3 heterocycles. The Morgan fingerprint density at radius 1 is 1.25 bits per heavy atom. The molecule has 2 aromatic rings. The van der Waals surface area contributed by atoms with Crippen molar-refractivity contribution in [3.63, 3.8) is 0 Å². The van der Waals surface area contributed by atoms with E-state index in [1.165, 1.54) is 10.6 Å². The lowest BCUT2D eigenvalue weighted by Crippen LogP contribution is -2.38. The Hall–Kier alpha value is -1.80. The zero-order valence-electron chi connectivity index (χ0n) is 14.1. The van der Waals surface area contributed by atoms with E-state index in [1.807, 2.05) is 10.9 Å². The highest BCUT2D eigenvalue weighted by atomic mass is 32.2. The van der Waals surface area contributed by atoms with Crippen LogP contribution in [0.5, 0.6) is 0 Å². The van der Waals surface area contributed by atoms with Crippen molar-refractivity contribution in [2.45, 2.75) is 38.6 Å². The van der Waals surface area contributed by atoms with Crippen LogP contribution >= 0.6 is 0 Å². The molecule has 0 aliphatic carbocycles. The number of hydrogen-bond acceptors (Lipinski definition) is 5. The Labute approximate surface area is 142 Å². The molecule has 1 fully saturated rings. The van der Waals surface area contributed by atoms with E-state index >= 15 is 0 Å². The third-order valence-electron chi connectivity index (χ3n) is 4.32. The molecule has 1 aliphatic rings. The summed E-state index contributed by atoms with van der Waals surface area (Å²) in [5.74, 6) is 0.109. The third-order valence-corrected chi connectivity index (χ3v) is 5.59. The second-order valence-corrected chi connectivity index (χ2v) is 8.26. The van der Waals surface area contributed by atoms with Gasteiger partial charge in [-0.2, -0.15) is 5.10 Å². The summed E-state index contributed by atoms with van der Waals surface area (Å²) in [5, 5.41) is 4.31. The average molecular weight is 349 g/mol. The minimum Gasteiger partial charge on any atom is -0.272 e. The van der Waals surface area contributed by atoms with Crippen LogP contribution in [-0.4, -0.2) is 51.8 Å². The molecule has 1 unspecified atom stereocenters. The van der Waals surface area contributed by atoms with Gasteiger partial charge in [0.2, 0.25) is 10.0 Å².